The van der Waals surface area contributed by atoms with E-state index in [1.165, 1.54) is 12.1 Å². The molecule has 0 bridgehead atoms. The van der Waals surface area contributed by atoms with Crippen molar-refractivity contribution in [3.8, 4) is 0 Å². The number of amides is 1. The van der Waals surface area contributed by atoms with Crippen LogP contribution in [0.15, 0.2) is 43.0 Å². The third-order valence-electron chi connectivity index (χ3n) is 4.76. The van der Waals surface area contributed by atoms with Gasteiger partial charge in [0.25, 0.3) is 5.91 Å². The van der Waals surface area contributed by atoms with Gasteiger partial charge in [0.2, 0.25) is 0 Å². The summed E-state index contributed by atoms with van der Waals surface area (Å²) in [4.78, 5) is 23.5. The van der Waals surface area contributed by atoms with Crippen LogP contribution in [0, 0.1) is 12.7 Å². The number of likely N-dealkylation sites (tertiary alicyclic amines) is 1. The molecule has 0 radical (unpaired) electrons. The smallest absolute Gasteiger partial charge is 0.254 e. The van der Waals surface area contributed by atoms with Crippen LogP contribution in [0.3, 0.4) is 0 Å². The number of fused-ring (bicyclic) bond motifs is 1. The molecule has 1 atom stereocenters. The van der Waals surface area contributed by atoms with Gasteiger partial charge in [-0.1, -0.05) is 0 Å². The van der Waals surface area contributed by atoms with Crippen LogP contribution in [0.25, 0.3) is 10.9 Å². The quantitative estimate of drug-likeness (QED) is 0.720. The topological polar surface area (TPSA) is 51.0 Å². The number of carbonyl (C=O) groups excluding carboxylic acids is 1. The van der Waals surface area contributed by atoms with E-state index in [9.17, 15) is 9.18 Å². The van der Waals surface area contributed by atoms with E-state index in [2.05, 4.69) is 14.5 Å². The SMILES string of the molecule is Cc1cc(C(=O)N2CCC[C@@H](n3ccnc3)C2)c2ccc(F)cc2n1. The first kappa shape index (κ1) is 15.7. The summed E-state index contributed by atoms with van der Waals surface area (Å²) >= 11 is 0. The minimum absolute atomic E-state index is 0.0214. The Balaban J connectivity index is 1.67. The zero-order valence-electron chi connectivity index (χ0n) is 14.0. The zero-order valence-corrected chi connectivity index (χ0v) is 14.0. The van der Waals surface area contributed by atoms with Crippen molar-refractivity contribution in [2.75, 3.05) is 13.1 Å². The predicted octanol–water partition coefficient (Wildman–Crippen LogP) is 3.36. The number of hydrogen-bond acceptors (Lipinski definition) is 3. The molecule has 1 saturated heterocycles. The molecule has 0 spiro atoms. The minimum atomic E-state index is -0.345. The summed E-state index contributed by atoms with van der Waals surface area (Å²) in [5.74, 6) is -0.367. The molecule has 4 rings (SSSR count). The van der Waals surface area contributed by atoms with Crippen LogP contribution in [-0.2, 0) is 0 Å². The molecule has 1 aliphatic rings. The highest BCUT2D eigenvalue weighted by Crippen LogP contribution is 2.26. The molecular formula is C19H19FN4O. The maximum absolute atomic E-state index is 13.5. The van der Waals surface area contributed by atoms with Gasteiger partial charge < -0.3 is 9.47 Å². The second-order valence-electron chi connectivity index (χ2n) is 6.53. The molecule has 6 heteroatoms. The Morgan fingerprint density at radius 2 is 2.20 bits per heavy atom. The first-order valence-corrected chi connectivity index (χ1v) is 8.45. The zero-order chi connectivity index (χ0) is 17.4. The van der Waals surface area contributed by atoms with Gasteiger partial charge in [0.15, 0.2) is 0 Å². The van der Waals surface area contributed by atoms with Crippen molar-refractivity contribution in [3.05, 3.63) is 60.1 Å². The van der Waals surface area contributed by atoms with Crippen molar-refractivity contribution in [1.82, 2.24) is 19.4 Å². The fourth-order valence-corrected chi connectivity index (χ4v) is 3.55. The van der Waals surface area contributed by atoms with Gasteiger partial charge in [0.1, 0.15) is 5.82 Å². The molecule has 1 aliphatic heterocycles. The second-order valence-corrected chi connectivity index (χ2v) is 6.53. The number of aryl methyl sites for hydroxylation is 1. The Labute approximate surface area is 145 Å². The molecule has 2 aromatic heterocycles. The second kappa shape index (κ2) is 6.27. The van der Waals surface area contributed by atoms with E-state index in [1.54, 1.807) is 24.7 Å². The lowest BCUT2D eigenvalue weighted by Gasteiger charge is -2.33. The van der Waals surface area contributed by atoms with Crippen LogP contribution < -0.4 is 0 Å². The number of aromatic nitrogens is 3. The molecule has 5 nitrogen and oxygen atoms in total. The van der Waals surface area contributed by atoms with Gasteiger partial charge in [-0.25, -0.2) is 9.37 Å². The van der Waals surface area contributed by atoms with E-state index < -0.39 is 0 Å². The highest BCUT2D eigenvalue weighted by atomic mass is 19.1. The van der Waals surface area contributed by atoms with Gasteiger partial charge in [-0.2, -0.15) is 0 Å². The number of nitrogens with zero attached hydrogens (tertiary/aromatic N) is 4. The molecule has 1 fully saturated rings. The number of rotatable bonds is 2. The van der Waals surface area contributed by atoms with Crippen molar-refractivity contribution >= 4 is 16.8 Å². The third kappa shape index (κ3) is 2.99. The number of hydrogen-bond donors (Lipinski definition) is 0. The van der Waals surface area contributed by atoms with E-state index in [1.807, 2.05) is 18.0 Å². The van der Waals surface area contributed by atoms with Gasteiger partial charge in [-0.3, -0.25) is 9.78 Å². The van der Waals surface area contributed by atoms with Crippen LogP contribution in [0.2, 0.25) is 0 Å². The molecule has 1 aromatic carbocycles. The van der Waals surface area contributed by atoms with E-state index in [4.69, 9.17) is 0 Å². The minimum Gasteiger partial charge on any atom is -0.337 e. The number of halogens is 1. The van der Waals surface area contributed by atoms with Gasteiger partial charge >= 0.3 is 0 Å². The normalized spacial score (nSPS) is 17.8. The van der Waals surface area contributed by atoms with Gasteiger partial charge in [0, 0.05) is 42.6 Å². The summed E-state index contributed by atoms with van der Waals surface area (Å²) in [6, 6.07) is 6.43. The van der Waals surface area contributed by atoms with Gasteiger partial charge in [-0.15, -0.1) is 0 Å². The van der Waals surface area contributed by atoms with E-state index in [-0.39, 0.29) is 17.8 Å². The molecule has 0 aliphatic carbocycles. The molecular weight excluding hydrogens is 319 g/mol. The summed E-state index contributed by atoms with van der Waals surface area (Å²) in [6.07, 6.45) is 7.47. The third-order valence-corrected chi connectivity index (χ3v) is 4.76. The van der Waals surface area contributed by atoms with Crippen LogP contribution >= 0.6 is 0 Å². The highest BCUT2D eigenvalue weighted by molar-refractivity contribution is 6.06. The average Bonchev–Trinajstić information content (AvgIpc) is 3.15. The Morgan fingerprint density at radius 3 is 3.00 bits per heavy atom. The van der Waals surface area contributed by atoms with Crippen LogP contribution in [0.1, 0.15) is 34.9 Å². The lowest BCUT2D eigenvalue weighted by molar-refractivity contribution is 0.0681. The van der Waals surface area contributed by atoms with Crippen molar-refractivity contribution in [2.45, 2.75) is 25.8 Å². The van der Waals surface area contributed by atoms with E-state index >= 15 is 0 Å². The largest absolute Gasteiger partial charge is 0.337 e. The Kier molecular flexibility index (Phi) is 3.95. The van der Waals surface area contributed by atoms with Crippen molar-refractivity contribution in [1.29, 1.82) is 0 Å². The van der Waals surface area contributed by atoms with Crippen LogP contribution in [0.5, 0.6) is 0 Å². The van der Waals surface area contributed by atoms with Crippen molar-refractivity contribution in [2.24, 2.45) is 0 Å². The maximum Gasteiger partial charge on any atom is 0.254 e. The summed E-state index contributed by atoms with van der Waals surface area (Å²) in [7, 11) is 0. The molecule has 128 valence electrons. The number of imidazole rings is 1. The van der Waals surface area contributed by atoms with Crippen molar-refractivity contribution in [3.63, 3.8) is 0 Å². The monoisotopic (exact) mass is 338 g/mol. The molecule has 25 heavy (non-hydrogen) atoms. The fourth-order valence-electron chi connectivity index (χ4n) is 3.55. The number of piperidine rings is 1. The van der Waals surface area contributed by atoms with E-state index in [0.29, 0.717) is 28.7 Å². The lowest BCUT2D eigenvalue weighted by Crippen LogP contribution is -2.40. The number of carbonyl (C=O) groups is 1. The highest BCUT2D eigenvalue weighted by Gasteiger charge is 2.26. The molecule has 3 heterocycles. The molecule has 0 unspecified atom stereocenters. The predicted molar refractivity (Wildman–Crippen MR) is 92.8 cm³/mol. The van der Waals surface area contributed by atoms with E-state index in [0.717, 1.165) is 19.4 Å². The fraction of sp³-hybridized carbons (Fsp3) is 0.316. The van der Waals surface area contributed by atoms with Gasteiger partial charge in [0.05, 0.1) is 23.4 Å². The Hall–Kier alpha value is -2.76. The summed E-state index contributed by atoms with van der Waals surface area (Å²) < 4.78 is 15.6. The van der Waals surface area contributed by atoms with Crippen LogP contribution in [0.4, 0.5) is 4.39 Å². The Bertz CT molecular complexity index is 917. The molecule has 0 N–H and O–H groups in total. The standard InChI is InChI=1S/C19H19FN4O/c1-13-9-17(16-5-4-14(20)10-18(16)22-13)19(25)23-7-2-3-15(11-23)24-8-6-21-12-24/h4-6,8-10,12,15H,2-3,7,11H2,1H3/t15-/m1/s1. The first-order valence-electron chi connectivity index (χ1n) is 8.45. The number of pyridine rings is 1. The average molecular weight is 338 g/mol. The molecule has 0 saturated carbocycles. The van der Waals surface area contributed by atoms with Gasteiger partial charge in [-0.05, 0) is 38.0 Å². The summed E-state index contributed by atoms with van der Waals surface area (Å²) in [6.45, 7) is 3.21. The molecule has 1 amide bonds. The molecule has 3 aromatic rings. The Morgan fingerprint density at radius 1 is 1.32 bits per heavy atom. The number of benzene rings is 1. The lowest BCUT2D eigenvalue weighted by atomic mass is 10.0. The van der Waals surface area contributed by atoms with Crippen molar-refractivity contribution < 1.29 is 9.18 Å². The van der Waals surface area contributed by atoms with Crippen LogP contribution in [-0.4, -0.2) is 38.4 Å². The maximum atomic E-state index is 13.5. The first-order chi connectivity index (χ1) is 12.1. The summed E-state index contributed by atoms with van der Waals surface area (Å²) in [5, 5.41) is 0.696. The summed E-state index contributed by atoms with van der Waals surface area (Å²) in [5.41, 5.74) is 1.82.